The Kier molecular flexibility index (Phi) is 8.96. The molecule has 2 rings (SSSR count). The van der Waals surface area contributed by atoms with Crippen molar-refractivity contribution < 1.29 is 0 Å². The van der Waals surface area contributed by atoms with Gasteiger partial charge in [-0.15, -0.1) is 35.3 Å². The van der Waals surface area contributed by atoms with Gasteiger partial charge in [-0.3, -0.25) is 4.99 Å². The molecule has 4 nitrogen and oxygen atoms in total. The third-order valence-electron chi connectivity index (χ3n) is 3.58. The number of rotatable bonds is 5. The Morgan fingerprint density at radius 3 is 2.90 bits per heavy atom. The van der Waals surface area contributed by atoms with Crippen molar-refractivity contribution in [3.63, 3.8) is 0 Å². The maximum Gasteiger partial charge on any atom is 0.191 e. The summed E-state index contributed by atoms with van der Waals surface area (Å²) in [6, 6.07) is 0.570. The molecule has 0 aromatic carbocycles. The van der Waals surface area contributed by atoms with E-state index in [1.165, 1.54) is 29.1 Å². The molecule has 2 atom stereocenters. The van der Waals surface area contributed by atoms with Crippen molar-refractivity contribution in [1.82, 2.24) is 15.6 Å². The van der Waals surface area contributed by atoms with Crippen LogP contribution in [0.3, 0.4) is 0 Å². The van der Waals surface area contributed by atoms with Crippen molar-refractivity contribution in [3.05, 3.63) is 16.1 Å². The van der Waals surface area contributed by atoms with Crippen LogP contribution in [0.1, 0.15) is 29.1 Å². The quantitative estimate of drug-likeness (QED) is 0.420. The van der Waals surface area contributed by atoms with Gasteiger partial charge >= 0.3 is 0 Å². The topological polar surface area (TPSA) is 49.3 Å². The van der Waals surface area contributed by atoms with E-state index in [-0.39, 0.29) is 24.0 Å². The number of nitrogens with one attached hydrogen (secondary N) is 2. The van der Waals surface area contributed by atoms with Crippen LogP contribution in [0, 0.1) is 6.92 Å². The molecule has 1 aromatic rings. The highest BCUT2D eigenvalue weighted by molar-refractivity contribution is 14.0. The first-order valence-corrected chi connectivity index (χ1v) is 9.23. The number of thioether (sulfide) groups is 1. The van der Waals surface area contributed by atoms with Gasteiger partial charge in [-0.2, -0.15) is 11.8 Å². The van der Waals surface area contributed by atoms with Crippen LogP contribution in [-0.2, 0) is 6.42 Å². The largest absolute Gasteiger partial charge is 0.356 e. The normalized spacial score (nSPS) is 22.0. The molecule has 0 radical (unpaired) electrons. The van der Waals surface area contributed by atoms with Gasteiger partial charge in [0.15, 0.2) is 5.96 Å². The van der Waals surface area contributed by atoms with E-state index in [9.17, 15) is 0 Å². The minimum absolute atomic E-state index is 0. The second-order valence-corrected chi connectivity index (χ2v) is 7.58. The second-order valence-electron chi connectivity index (χ2n) is 5.13. The molecule has 21 heavy (non-hydrogen) atoms. The van der Waals surface area contributed by atoms with E-state index in [0.29, 0.717) is 6.04 Å². The number of halogens is 1. The molecule has 0 amide bonds. The molecule has 120 valence electrons. The van der Waals surface area contributed by atoms with Crippen LogP contribution in [0.4, 0.5) is 0 Å². The first-order valence-electron chi connectivity index (χ1n) is 7.12. The molecule has 2 unspecified atom stereocenters. The van der Waals surface area contributed by atoms with E-state index in [1.54, 1.807) is 11.3 Å². The standard InChI is InChI=1S/C14H24N4S2.HI/c1-10-9-17-13(20-10)6-7-16-14(15-2)18-11-4-5-12(8-11)19-3;/h9,11-12H,4-8H2,1-3H3,(H2,15,16,18);1H. The third kappa shape index (κ3) is 6.32. The zero-order valence-corrected chi connectivity index (χ0v) is 16.9. The van der Waals surface area contributed by atoms with E-state index >= 15 is 0 Å². The number of thiazole rings is 1. The lowest BCUT2D eigenvalue weighted by atomic mass is 10.2. The fourth-order valence-corrected chi connectivity index (χ4v) is 4.06. The summed E-state index contributed by atoms with van der Waals surface area (Å²) in [5.41, 5.74) is 0. The van der Waals surface area contributed by atoms with Crippen LogP contribution in [0.25, 0.3) is 0 Å². The number of guanidine groups is 1. The molecule has 0 bridgehead atoms. The summed E-state index contributed by atoms with van der Waals surface area (Å²) < 4.78 is 0. The third-order valence-corrected chi connectivity index (χ3v) is 5.65. The Balaban J connectivity index is 0.00000220. The Labute approximate surface area is 153 Å². The van der Waals surface area contributed by atoms with Gasteiger partial charge in [0.25, 0.3) is 0 Å². The smallest absolute Gasteiger partial charge is 0.191 e. The van der Waals surface area contributed by atoms with Gasteiger partial charge in [0.1, 0.15) is 0 Å². The minimum Gasteiger partial charge on any atom is -0.356 e. The summed E-state index contributed by atoms with van der Waals surface area (Å²) in [5.74, 6) is 0.921. The Hall–Kier alpha value is -0.0200. The molecule has 0 aliphatic heterocycles. The van der Waals surface area contributed by atoms with Crippen LogP contribution in [0.5, 0.6) is 0 Å². The molecule has 1 heterocycles. The second kappa shape index (κ2) is 9.89. The minimum atomic E-state index is 0. The van der Waals surface area contributed by atoms with Crippen molar-refractivity contribution in [2.75, 3.05) is 19.8 Å². The van der Waals surface area contributed by atoms with Crippen molar-refractivity contribution >= 4 is 53.0 Å². The summed E-state index contributed by atoms with van der Waals surface area (Å²) in [6.07, 6.45) is 8.90. The van der Waals surface area contributed by atoms with Crippen LogP contribution in [0.2, 0.25) is 0 Å². The van der Waals surface area contributed by atoms with Crippen molar-refractivity contribution in [3.8, 4) is 0 Å². The van der Waals surface area contributed by atoms with Gasteiger partial charge in [-0.25, -0.2) is 4.98 Å². The molecule has 0 saturated heterocycles. The zero-order valence-electron chi connectivity index (χ0n) is 12.9. The van der Waals surface area contributed by atoms with E-state index in [0.717, 1.165) is 24.2 Å². The molecule has 7 heteroatoms. The van der Waals surface area contributed by atoms with Gasteiger partial charge in [-0.05, 0) is 32.4 Å². The maximum atomic E-state index is 4.38. The Morgan fingerprint density at radius 1 is 1.52 bits per heavy atom. The predicted molar refractivity (Wildman–Crippen MR) is 105 cm³/mol. The lowest BCUT2D eigenvalue weighted by Gasteiger charge is -2.17. The summed E-state index contributed by atoms with van der Waals surface area (Å²) in [5, 5.41) is 8.91. The first-order chi connectivity index (χ1) is 9.71. The summed E-state index contributed by atoms with van der Waals surface area (Å²) in [6.45, 7) is 2.97. The molecular formula is C14H25IN4S2. The summed E-state index contributed by atoms with van der Waals surface area (Å²) in [4.78, 5) is 9.96. The van der Waals surface area contributed by atoms with Crippen molar-refractivity contribution in [1.29, 1.82) is 0 Å². The van der Waals surface area contributed by atoms with E-state index < -0.39 is 0 Å². The monoisotopic (exact) mass is 440 g/mol. The van der Waals surface area contributed by atoms with Gasteiger partial charge in [-0.1, -0.05) is 0 Å². The molecule has 1 aromatic heterocycles. The van der Waals surface area contributed by atoms with E-state index in [2.05, 4.69) is 33.8 Å². The number of aryl methyl sites for hydroxylation is 1. The van der Waals surface area contributed by atoms with Crippen LogP contribution in [0.15, 0.2) is 11.2 Å². The SMILES string of the molecule is CN=C(NCCc1ncc(C)s1)NC1CCC(SC)C1.I. The number of aromatic nitrogens is 1. The average Bonchev–Trinajstić information content (AvgIpc) is 3.06. The highest BCUT2D eigenvalue weighted by Crippen LogP contribution is 2.27. The number of hydrogen-bond acceptors (Lipinski definition) is 4. The number of hydrogen-bond donors (Lipinski definition) is 2. The average molecular weight is 440 g/mol. The molecule has 1 aliphatic carbocycles. The van der Waals surface area contributed by atoms with Crippen molar-refractivity contribution in [2.45, 2.75) is 43.9 Å². The summed E-state index contributed by atoms with van der Waals surface area (Å²) in [7, 11) is 1.84. The highest BCUT2D eigenvalue weighted by atomic mass is 127. The van der Waals surface area contributed by atoms with Crippen LogP contribution < -0.4 is 10.6 Å². The number of aliphatic imine (C=N–C) groups is 1. The zero-order chi connectivity index (χ0) is 14.4. The van der Waals surface area contributed by atoms with Crippen LogP contribution >= 0.6 is 47.1 Å². The fraction of sp³-hybridized carbons (Fsp3) is 0.714. The van der Waals surface area contributed by atoms with Crippen molar-refractivity contribution in [2.24, 2.45) is 4.99 Å². The summed E-state index contributed by atoms with van der Waals surface area (Å²) >= 11 is 3.75. The molecule has 1 fully saturated rings. The lowest BCUT2D eigenvalue weighted by molar-refractivity contribution is 0.614. The molecule has 1 aliphatic rings. The molecule has 2 N–H and O–H groups in total. The highest BCUT2D eigenvalue weighted by Gasteiger charge is 2.24. The lowest BCUT2D eigenvalue weighted by Crippen LogP contribution is -2.43. The number of nitrogens with zero attached hydrogens (tertiary/aromatic N) is 2. The molecule has 0 spiro atoms. The van der Waals surface area contributed by atoms with Gasteiger partial charge in [0, 0.05) is 42.4 Å². The Morgan fingerprint density at radius 2 is 2.33 bits per heavy atom. The van der Waals surface area contributed by atoms with E-state index in [4.69, 9.17) is 0 Å². The van der Waals surface area contributed by atoms with Gasteiger partial charge in [0.2, 0.25) is 0 Å². The van der Waals surface area contributed by atoms with Gasteiger partial charge < -0.3 is 10.6 Å². The van der Waals surface area contributed by atoms with E-state index in [1.807, 2.05) is 25.0 Å². The predicted octanol–water partition coefficient (Wildman–Crippen LogP) is 3.06. The Bertz CT molecular complexity index is 450. The molecular weight excluding hydrogens is 415 g/mol. The van der Waals surface area contributed by atoms with Gasteiger partial charge in [0.05, 0.1) is 5.01 Å². The van der Waals surface area contributed by atoms with Crippen LogP contribution in [-0.4, -0.2) is 42.1 Å². The fourth-order valence-electron chi connectivity index (χ4n) is 2.48. The first kappa shape index (κ1) is 19.0. The molecule has 1 saturated carbocycles. The maximum absolute atomic E-state index is 4.38.